The van der Waals surface area contributed by atoms with E-state index in [9.17, 15) is 4.79 Å². The minimum absolute atomic E-state index is 0.151. The monoisotopic (exact) mass is 421 g/mol. The first-order chi connectivity index (χ1) is 15.2. The Labute approximate surface area is 187 Å². The molecule has 2 amide bonds. The molecule has 4 fully saturated rings. The maximum Gasteiger partial charge on any atom is 0.317 e. The molecular weight excluding hydrogens is 382 g/mol. The number of hydrogen-bond acceptors (Lipinski definition) is 2. The van der Waals surface area contributed by atoms with Gasteiger partial charge in [-0.3, -0.25) is 0 Å². The topological polar surface area (TPSA) is 35.6 Å². The van der Waals surface area contributed by atoms with E-state index in [1.165, 1.54) is 75.7 Å². The molecule has 4 nitrogen and oxygen atoms in total. The lowest BCUT2D eigenvalue weighted by atomic mass is 9.73. The van der Waals surface area contributed by atoms with Crippen molar-refractivity contribution in [3.63, 3.8) is 0 Å². The predicted octanol–water partition coefficient (Wildman–Crippen LogP) is 5.10. The Kier molecular flexibility index (Phi) is 5.25. The molecule has 6 rings (SSSR count). The summed E-state index contributed by atoms with van der Waals surface area (Å²) in [4.78, 5) is 17.6. The zero-order chi connectivity index (χ0) is 20.8. The van der Waals surface area contributed by atoms with Gasteiger partial charge in [-0.15, -0.1) is 0 Å². The first-order valence-corrected chi connectivity index (χ1v) is 13.1. The van der Waals surface area contributed by atoms with Crippen LogP contribution >= 0.6 is 0 Å². The molecule has 0 aromatic heterocycles. The van der Waals surface area contributed by atoms with E-state index in [0.29, 0.717) is 0 Å². The van der Waals surface area contributed by atoms with Gasteiger partial charge >= 0.3 is 6.03 Å². The van der Waals surface area contributed by atoms with Gasteiger partial charge in [0.1, 0.15) is 0 Å². The molecule has 1 aromatic carbocycles. The molecule has 1 unspecified atom stereocenters. The fourth-order valence-electron chi connectivity index (χ4n) is 7.94. The number of amides is 2. The number of rotatable bonds is 4. The van der Waals surface area contributed by atoms with Gasteiger partial charge in [0, 0.05) is 18.5 Å². The molecule has 2 aliphatic heterocycles. The van der Waals surface area contributed by atoms with Crippen LogP contribution < -0.4 is 5.32 Å². The lowest BCUT2D eigenvalue weighted by Crippen LogP contribution is -2.43. The summed E-state index contributed by atoms with van der Waals surface area (Å²) >= 11 is 0. The van der Waals surface area contributed by atoms with Crippen molar-refractivity contribution >= 4 is 6.03 Å². The highest BCUT2D eigenvalue weighted by molar-refractivity contribution is 5.75. The molecule has 2 bridgehead atoms. The van der Waals surface area contributed by atoms with Crippen LogP contribution in [0.4, 0.5) is 4.79 Å². The van der Waals surface area contributed by atoms with Crippen molar-refractivity contribution in [3.05, 3.63) is 35.4 Å². The van der Waals surface area contributed by atoms with Gasteiger partial charge in [-0.25, -0.2) is 4.79 Å². The Morgan fingerprint density at radius 1 is 1.03 bits per heavy atom. The van der Waals surface area contributed by atoms with E-state index < -0.39 is 0 Å². The van der Waals surface area contributed by atoms with Crippen molar-refractivity contribution in [1.29, 1.82) is 0 Å². The van der Waals surface area contributed by atoms with Gasteiger partial charge in [-0.1, -0.05) is 30.7 Å². The lowest BCUT2D eigenvalue weighted by molar-refractivity contribution is 0.138. The predicted molar refractivity (Wildman–Crippen MR) is 124 cm³/mol. The Balaban J connectivity index is 1.08. The normalized spacial score (nSPS) is 33.9. The molecule has 168 valence electrons. The molecule has 2 saturated carbocycles. The highest BCUT2D eigenvalue weighted by Gasteiger charge is 2.46. The number of urea groups is 1. The molecule has 2 saturated heterocycles. The maximum absolute atomic E-state index is 12.8. The third-order valence-electron chi connectivity index (χ3n) is 9.71. The van der Waals surface area contributed by atoms with Crippen LogP contribution in [0.15, 0.2) is 24.3 Å². The molecule has 5 aliphatic rings. The molecule has 0 radical (unpaired) electrons. The Hall–Kier alpha value is -1.55. The number of piperidine rings is 1. The highest BCUT2D eigenvalue weighted by atomic mass is 16.2. The number of benzene rings is 1. The molecule has 3 aliphatic carbocycles. The lowest BCUT2D eigenvalue weighted by Gasteiger charge is -2.41. The first-order valence-electron chi connectivity index (χ1n) is 13.1. The first kappa shape index (κ1) is 20.1. The van der Waals surface area contributed by atoms with Gasteiger partial charge in [0.2, 0.25) is 0 Å². The third-order valence-corrected chi connectivity index (χ3v) is 9.71. The summed E-state index contributed by atoms with van der Waals surface area (Å²) in [6.07, 6.45) is 13.4. The van der Waals surface area contributed by atoms with Gasteiger partial charge in [-0.2, -0.15) is 0 Å². The fraction of sp³-hybridized carbons (Fsp3) is 0.741. The quantitative estimate of drug-likeness (QED) is 0.734. The second kappa shape index (κ2) is 8.10. The van der Waals surface area contributed by atoms with Crippen LogP contribution in [-0.4, -0.2) is 48.6 Å². The van der Waals surface area contributed by atoms with E-state index in [2.05, 4.69) is 34.5 Å². The van der Waals surface area contributed by atoms with Crippen molar-refractivity contribution < 1.29 is 4.79 Å². The van der Waals surface area contributed by atoms with Gasteiger partial charge in [-0.05, 0) is 106 Å². The zero-order valence-corrected chi connectivity index (χ0v) is 19.0. The van der Waals surface area contributed by atoms with Crippen LogP contribution in [0.1, 0.15) is 81.4 Å². The summed E-state index contributed by atoms with van der Waals surface area (Å²) in [5.74, 6) is 3.15. The second-order valence-electron chi connectivity index (χ2n) is 11.3. The number of fused-ring (bicyclic) bond motifs is 4. The molecule has 1 aromatic rings. The SMILES string of the molecule is O=C(N[C@H]1CC2(CCN(CCC3C[C@@H]4CC[C@@H]3C4)CC2)c2ccccc21)N1CCCC1. The molecule has 4 heteroatoms. The van der Waals surface area contributed by atoms with E-state index in [1.807, 2.05) is 4.90 Å². The summed E-state index contributed by atoms with van der Waals surface area (Å²) in [7, 11) is 0. The summed E-state index contributed by atoms with van der Waals surface area (Å²) in [6.45, 7) is 5.59. The number of carbonyl (C=O) groups is 1. The van der Waals surface area contributed by atoms with E-state index in [1.54, 1.807) is 0 Å². The highest BCUT2D eigenvalue weighted by Crippen LogP contribution is 2.52. The molecular formula is C27H39N3O. The van der Waals surface area contributed by atoms with Crippen LogP contribution in [0.3, 0.4) is 0 Å². The number of nitrogens with zero attached hydrogens (tertiary/aromatic N) is 2. The minimum Gasteiger partial charge on any atom is -0.331 e. The molecule has 1 spiro atoms. The van der Waals surface area contributed by atoms with Gasteiger partial charge in [0.15, 0.2) is 0 Å². The Bertz CT molecular complexity index is 808. The van der Waals surface area contributed by atoms with Crippen LogP contribution in [0.25, 0.3) is 0 Å². The average Bonchev–Trinajstić information content (AvgIpc) is 3.59. The summed E-state index contributed by atoms with van der Waals surface area (Å²) in [6, 6.07) is 9.30. The van der Waals surface area contributed by atoms with Crippen LogP contribution in [0.5, 0.6) is 0 Å². The van der Waals surface area contributed by atoms with E-state index in [-0.39, 0.29) is 17.5 Å². The van der Waals surface area contributed by atoms with Crippen LogP contribution in [0.2, 0.25) is 0 Å². The molecule has 31 heavy (non-hydrogen) atoms. The van der Waals surface area contributed by atoms with Gasteiger partial charge in [0.25, 0.3) is 0 Å². The van der Waals surface area contributed by atoms with Crippen molar-refractivity contribution in [2.75, 3.05) is 32.7 Å². The molecule has 4 atom stereocenters. The van der Waals surface area contributed by atoms with E-state index in [0.717, 1.165) is 50.1 Å². The maximum atomic E-state index is 12.8. The van der Waals surface area contributed by atoms with Crippen molar-refractivity contribution in [3.8, 4) is 0 Å². The van der Waals surface area contributed by atoms with Crippen molar-refractivity contribution in [2.24, 2.45) is 17.8 Å². The zero-order valence-electron chi connectivity index (χ0n) is 19.0. The fourth-order valence-corrected chi connectivity index (χ4v) is 7.94. The van der Waals surface area contributed by atoms with E-state index >= 15 is 0 Å². The average molecular weight is 422 g/mol. The minimum atomic E-state index is 0.151. The van der Waals surface area contributed by atoms with Crippen LogP contribution in [0, 0.1) is 17.8 Å². The van der Waals surface area contributed by atoms with Gasteiger partial charge < -0.3 is 15.1 Å². The number of nitrogens with one attached hydrogen (secondary N) is 1. The second-order valence-corrected chi connectivity index (χ2v) is 11.3. The number of carbonyl (C=O) groups excluding carboxylic acids is 1. The Morgan fingerprint density at radius 3 is 2.58 bits per heavy atom. The molecule has 2 heterocycles. The van der Waals surface area contributed by atoms with E-state index in [4.69, 9.17) is 0 Å². The van der Waals surface area contributed by atoms with Crippen LogP contribution in [-0.2, 0) is 5.41 Å². The van der Waals surface area contributed by atoms with Crippen molar-refractivity contribution in [1.82, 2.24) is 15.1 Å². The van der Waals surface area contributed by atoms with Gasteiger partial charge in [0.05, 0.1) is 6.04 Å². The summed E-state index contributed by atoms with van der Waals surface area (Å²) in [5, 5.41) is 3.41. The van der Waals surface area contributed by atoms with Crippen molar-refractivity contribution in [2.45, 2.75) is 75.7 Å². The summed E-state index contributed by atoms with van der Waals surface area (Å²) < 4.78 is 0. The third kappa shape index (κ3) is 3.69. The Morgan fingerprint density at radius 2 is 1.84 bits per heavy atom. The number of hydrogen-bond donors (Lipinski definition) is 1. The smallest absolute Gasteiger partial charge is 0.317 e. The summed E-state index contributed by atoms with van der Waals surface area (Å²) in [5.41, 5.74) is 3.17. The number of likely N-dealkylation sites (tertiary alicyclic amines) is 2. The molecule has 1 N–H and O–H groups in total. The standard InChI is InChI=1S/C27H39N3O/c31-26(30-12-3-4-13-30)28-25-19-27(24-6-2-1-5-23(24)25)10-15-29(16-11-27)14-9-22-18-20-7-8-21(22)17-20/h1-2,5-6,20-22,25H,3-4,7-19H2,(H,28,31)/t20-,21-,22?,25+/m1/s1. The largest absolute Gasteiger partial charge is 0.331 e.